The maximum absolute atomic E-state index is 11.7. The Balaban J connectivity index is 2.20. The number of carboxylic acid groups (broad SMARTS) is 1. The molecule has 0 spiro atoms. The predicted octanol–water partition coefficient (Wildman–Crippen LogP) is 1.82. The van der Waals surface area contributed by atoms with Gasteiger partial charge in [-0.3, -0.25) is 14.6 Å². The Morgan fingerprint density at radius 1 is 1.20 bits per heavy atom. The summed E-state index contributed by atoms with van der Waals surface area (Å²) in [5, 5.41) is 9.20. The van der Waals surface area contributed by atoms with E-state index in [-0.39, 0.29) is 11.6 Å². The maximum atomic E-state index is 11.7. The van der Waals surface area contributed by atoms with Crippen LogP contribution in [-0.2, 0) is 14.4 Å². The van der Waals surface area contributed by atoms with E-state index in [1.165, 1.54) is 6.21 Å². The molecule has 0 saturated heterocycles. The van der Waals surface area contributed by atoms with E-state index in [1.807, 2.05) is 0 Å². The van der Waals surface area contributed by atoms with Crippen LogP contribution in [-0.4, -0.2) is 28.9 Å². The van der Waals surface area contributed by atoms with Gasteiger partial charge < -0.3 is 5.11 Å². The van der Waals surface area contributed by atoms with Crippen LogP contribution in [0.5, 0.6) is 0 Å². The van der Waals surface area contributed by atoms with Crippen LogP contribution in [0.3, 0.4) is 0 Å². The minimum Gasteiger partial charge on any atom is -0.479 e. The highest BCUT2D eigenvalue weighted by atomic mass is 16.4. The molecule has 0 unspecified atom stereocenters. The first-order valence-electron chi connectivity index (χ1n) is 6.46. The lowest BCUT2D eigenvalue weighted by molar-refractivity contribution is -0.139. The minimum atomic E-state index is -1.11. The van der Waals surface area contributed by atoms with Crippen molar-refractivity contribution in [2.75, 3.05) is 0 Å². The van der Waals surface area contributed by atoms with E-state index in [4.69, 9.17) is 0 Å². The molecule has 0 bridgehead atoms. The lowest BCUT2D eigenvalue weighted by Gasteiger charge is -2.16. The first-order valence-corrected chi connectivity index (χ1v) is 6.46. The van der Waals surface area contributed by atoms with E-state index in [2.05, 4.69) is 4.99 Å². The molecule has 1 aromatic carbocycles. The summed E-state index contributed by atoms with van der Waals surface area (Å²) in [4.78, 5) is 38.5. The zero-order valence-corrected chi connectivity index (χ0v) is 10.9. The molecular weight excluding hydrogens is 258 g/mol. The summed E-state index contributed by atoms with van der Waals surface area (Å²) in [7, 11) is 0. The molecule has 1 aliphatic carbocycles. The van der Waals surface area contributed by atoms with Crippen LogP contribution in [0.25, 0.3) is 0 Å². The molecule has 2 rings (SSSR count). The number of carboxylic acids is 1. The third kappa shape index (κ3) is 3.17. The molecule has 0 heterocycles. The fourth-order valence-electron chi connectivity index (χ4n) is 2.19. The third-order valence-corrected chi connectivity index (χ3v) is 3.27. The first-order chi connectivity index (χ1) is 9.59. The monoisotopic (exact) mass is 273 g/mol. The maximum Gasteiger partial charge on any atom is 0.333 e. The van der Waals surface area contributed by atoms with Gasteiger partial charge >= 0.3 is 5.97 Å². The Kier molecular flexibility index (Phi) is 4.40. The van der Waals surface area contributed by atoms with Gasteiger partial charge in [0.2, 0.25) is 0 Å². The fraction of sp³-hybridized carbons (Fsp3) is 0.333. The highest BCUT2D eigenvalue weighted by Crippen LogP contribution is 2.20. The Labute approximate surface area is 116 Å². The Hall–Kier alpha value is -2.30. The Morgan fingerprint density at radius 2 is 1.80 bits per heavy atom. The van der Waals surface area contributed by atoms with Crippen molar-refractivity contribution in [1.29, 1.82) is 0 Å². The molecule has 0 amide bonds. The third-order valence-electron chi connectivity index (χ3n) is 3.27. The lowest BCUT2D eigenvalue weighted by Crippen LogP contribution is -2.30. The van der Waals surface area contributed by atoms with Crippen LogP contribution < -0.4 is 0 Å². The number of carbonyl (C=O) groups is 3. The van der Waals surface area contributed by atoms with Crippen LogP contribution in [0, 0.1) is 5.92 Å². The molecule has 1 saturated carbocycles. The van der Waals surface area contributed by atoms with Crippen molar-refractivity contribution in [3.8, 4) is 0 Å². The van der Waals surface area contributed by atoms with Crippen molar-refractivity contribution >= 4 is 23.8 Å². The van der Waals surface area contributed by atoms with Gasteiger partial charge in [-0.05, 0) is 12.0 Å². The number of hydrogen-bond donors (Lipinski definition) is 1. The lowest BCUT2D eigenvalue weighted by atomic mass is 9.87. The van der Waals surface area contributed by atoms with E-state index in [0.717, 1.165) is 0 Å². The van der Waals surface area contributed by atoms with E-state index in [9.17, 15) is 19.5 Å². The van der Waals surface area contributed by atoms with Gasteiger partial charge in [0.25, 0.3) is 0 Å². The summed E-state index contributed by atoms with van der Waals surface area (Å²) in [6.45, 7) is 0. The highest BCUT2D eigenvalue weighted by Gasteiger charge is 2.29. The van der Waals surface area contributed by atoms with Crippen molar-refractivity contribution in [2.45, 2.75) is 25.3 Å². The van der Waals surface area contributed by atoms with Crippen LogP contribution in [0.2, 0.25) is 0 Å². The molecule has 1 fully saturated rings. The molecule has 20 heavy (non-hydrogen) atoms. The standard InChI is InChI=1S/C15H15NO4/c17-12-7-4-8-13(18)11(12)9-16-14(15(19)20)10-5-2-1-3-6-10/h1-3,5-6,9,11,14H,4,7-8H2,(H,19,20)/t14-/m0/s1. The Morgan fingerprint density at radius 3 is 2.35 bits per heavy atom. The van der Waals surface area contributed by atoms with E-state index >= 15 is 0 Å². The number of aliphatic carboxylic acids is 1. The minimum absolute atomic E-state index is 0.179. The Bertz CT molecular complexity index is 534. The summed E-state index contributed by atoms with van der Waals surface area (Å²) in [5.74, 6) is -2.35. The first kappa shape index (κ1) is 14.1. The van der Waals surface area contributed by atoms with Gasteiger partial charge in [0, 0.05) is 19.1 Å². The van der Waals surface area contributed by atoms with Crippen LogP contribution in [0.15, 0.2) is 35.3 Å². The molecule has 1 aliphatic rings. The molecule has 0 radical (unpaired) electrons. The second-order valence-corrected chi connectivity index (χ2v) is 4.71. The average molecular weight is 273 g/mol. The SMILES string of the molecule is O=C1CCCC(=O)C1C=N[C@H](C(=O)O)c1ccccc1. The van der Waals surface area contributed by atoms with Gasteiger partial charge in [0.15, 0.2) is 6.04 Å². The van der Waals surface area contributed by atoms with Gasteiger partial charge in [-0.25, -0.2) is 4.79 Å². The van der Waals surface area contributed by atoms with E-state index in [1.54, 1.807) is 30.3 Å². The molecule has 5 heteroatoms. The van der Waals surface area contributed by atoms with Gasteiger partial charge in [0.05, 0.1) is 0 Å². The summed E-state index contributed by atoms with van der Waals surface area (Å²) in [6, 6.07) is 7.44. The molecule has 5 nitrogen and oxygen atoms in total. The predicted molar refractivity (Wildman–Crippen MR) is 72.7 cm³/mol. The summed E-state index contributed by atoms with van der Waals surface area (Å²) >= 11 is 0. The van der Waals surface area contributed by atoms with Crippen molar-refractivity contribution in [3.63, 3.8) is 0 Å². The van der Waals surface area contributed by atoms with Crippen LogP contribution in [0.4, 0.5) is 0 Å². The zero-order valence-electron chi connectivity index (χ0n) is 10.9. The molecule has 0 aromatic heterocycles. The normalized spacial score (nSPS) is 18.4. The number of aliphatic imine (C=N–C) groups is 1. The van der Waals surface area contributed by atoms with E-state index in [0.29, 0.717) is 24.8 Å². The van der Waals surface area contributed by atoms with Crippen molar-refractivity contribution in [1.82, 2.24) is 0 Å². The zero-order chi connectivity index (χ0) is 14.5. The summed E-state index contributed by atoms with van der Waals surface area (Å²) in [6.07, 6.45) is 2.48. The van der Waals surface area contributed by atoms with Crippen LogP contribution in [0.1, 0.15) is 30.9 Å². The number of ketones is 2. The van der Waals surface area contributed by atoms with Gasteiger partial charge in [-0.2, -0.15) is 0 Å². The number of benzene rings is 1. The number of rotatable bonds is 4. The van der Waals surface area contributed by atoms with Gasteiger partial charge in [-0.1, -0.05) is 30.3 Å². The van der Waals surface area contributed by atoms with Gasteiger partial charge in [-0.15, -0.1) is 0 Å². The molecular formula is C15H15NO4. The van der Waals surface area contributed by atoms with Crippen molar-refractivity contribution in [3.05, 3.63) is 35.9 Å². The number of hydrogen-bond acceptors (Lipinski definition) is 4. The van der Waals surface area contributed by atoms with Crippen molar-refractivity contribution in [2.24, 2.45) is 10.9 Å². The largest absolute Gasteiger partial charge is 0.479 e. The van der Waals surface area contributed by atoms with E-state index < -0.39 is 17.9 Å². The molecule has 1 atom stereocenters. The highest BCUT2D eigenvalue weighted by molar-refractivity contribution is 6.15. The number of nitrogens with zero attached hydrogens (tertiary/aromatic N) is 1. The molecule has 0 aliphatic heterocycles. The quantitative estimate of drug-likeness (QED) is 0.670. The summed E-state index contributed by atoms with van der Waals surface area (Å²) in [5.41, 5.74) is 0.520. The molecule has 104 valence electrons. The smallest absolute Gasteiger partial charge is 0.333 e. The molecule has 1 aromatic rings. The average Bonchev–Trinajstić information content (AvgIpc) is 2.43. The van der Waals surface area contributed by atoms with Gasteiger partial charge in [0.1, 0.15) is 17.5 Å². The number of carbonyl (C=O) groups excluding carboxylic acids is 2. The van der Waals surface area contributed by atoms with Crippen LogP contribution >= 0.6 is 0 Å². The number of Topliss-reactive ketones (excluding diaryl/α,β-unsaturated/α-hetero) is 2. The second kappa shape index (κ2) is 6.23. The second-order valence-electron chi connectivity index (χ2n) is 4.71. The topological polar surface area (TPSA) is 83.8 Å². The van der Waals surface area contributed by atoms with Crippen molar-refractivity contribution < 1.29 is 19.5 Å². The molecule has 1 N–H and O–H groups in total. The fourth-order valence-corrected chi connectivity index (χ4v) is 2.19. The summed E-state index contributed by atoms with van der Waals surface area (Å²) < 4.78 is 0.